The molecule has 1 aliphatic heterocycles. The first-order chi connectivity index (χ1) is 11.2. The number of nitrogens with one attached hydrogen (secondary N) is 1. The van der Waals surface area contributed by atoms with E-state index in [1.54, 1.807) is 7.11 Å². The maximum Gasteiger partial charge on any atom is 0.124 e. The average Bonchev–Trinajstić information content (AvgIpc) is 3.04. The summed E-state index contributed by atoms with van der Waals surface area (Å²) in [7, 11) is 1.74. The minimum Gasteiger partial charge on any atom is -0.496 e. The lowest BCUT2D eigenvalue weighted by Gasteiger charge is -2.38. The third kappa shape index (κ3) is 2.52. The van der Waals surface area contributed by atoms with Crippen molar-refractivity contribution < 1.29 is 4.74 Å². The smallest absolute Gasteiger partial charge is 0.124 e. The van der Waals surface area contributed by atoms with Crippen molar-refractivity contribution >= 4 is 37.5 Å². The van der Waals surface area contributed by atoms with Gasteiger partial charge in [-0.2, -0.15) is 0 Å². The molecule has 4 heteroatoms. The van der Waals surface area contributed by atoms with Gasteiger partial charge in [-0.3, -0.25) is 0 Å². The Balaban J connectivity index is 1.85. The Morgan fingerprint density at radius 3 is 2.83 bits per heavy atom. The molecule has 2 aromatic rings. The lowest BCUT2D eigenvalue weighted by atomic mass is 9.77. The first-order valence-corrected chi connectivity index (χ1v) is 9.32. The van der Waals surface area contributed by atoms with Gasteiger partial charge in [0.05, 0.1) is 18.8 Å². The molecule has 4 rings (SSSR count). The van der Waals surface area contributed by atoms with Gasteiger partial charge < -0.3 is 10.1 Å². The van der Waals surface area contributed by atoms with E-state index in [9.17, 15) is 0 Å². The summed E-state index contributed by atoms with van der Waals surface area (Å²) < 4.78 is 7.82. The van der Waals surface area contributed by atoms with Crippen LogP contribution in [0, 0.1) is 5.92 Å². The van der Waals surface area contributed by atoms with E-state index < -0.39 is 0 Å². The molecular formula is C19H17Br2NO. The van der Waals surface area contributed by atoms with Gasteiger partial charge in [0.15, 0.2) is 0 Å². The number of anilines is 1. The summed E-state index contributed by atoms with van der Waals surface area (Å²) in [4.78, 5) is 0. The summed E-state index contributed by atoms with van der Waals surface area (Å²) in [6, 6.07) is 12.9. The molecule has 2 aromatic carbocycles. The van der Waals surface area contributed by atoms with Gasteiger partial charge in [-0.1, -0.05) is 40.2 Å². The largest absolute Gasteiger partial charge is 0.496 e. The number of hydrogen-bond acceptors (Lipinski definition) is 2. The van der Waals surface area contributed by atoms with Crippen molar-refractivity contribution in [2.75, 3.05) is 12.4 Å². The number of ether oxygens (including phenoxy) is 1. The zero-order valence-corrected chi connectivity index (χ0v) is 15.9. The van der Waals surface area contributed by atoms with Crippen LogP contribution in [-0.4, -0.2) is 7.11 Å². The number of allylic oxidation sites excluding steroid dienone is 2. The third-order valence-electron chi connectivity index (χ3n) is 4.87. The van der Waals surface area contributed by atoms with Crippen molar-refractivity contribution in [2.45, 2.75) is 18.4 Å². The number of hydrogen-bond donors (Lipinski definition) is 1. The average molecular weight is 435 g/mol. The summed E-state index contributed by atoms with van der Waals surface area (Å²) in [5.74, 6) is 1.91. The van der Waals surface area contributed by atoms with Crippen molar-refractivity contribution in [3.05, 3.63) is 68.6 Å². The molecule has 1 heterocycles. The lowest BCUT2D eigenvalue weighted by Crippen LogP contribution is -2.29. The molecule has 2 nitrogen and oxygen atoms in total. The molecule has 0 bridgehead atoms. The quantitative estimate of drug-likeness (QED) is 0.581. The molecule has 0 aromatic heterocycles. The normalized spacial score (nSPS) is 24.7. The van der Waals surface area contributed by atoms with E-state index in [1.165, 1.54) is 16.8 Å². The van der Waals surface area contributed by atoms with Crippen LogP contribution >= 0.6 is 31.9 Å². The second-order valence-electron chi connectivity index (χ2n) is 6.07. The second-order valence-corrected chi connectivity index (χ2v) is 7.84. The Labute approximate surface area is 153 Å². The van der Waals surface area contributed by atoms with E-state index in [1.807, 2.05) is 12.1 Å². The number of rotatable bonds is 2. The zero-order valence-electron chi connectivity index (χ0n) is 12.7. The molecule has 0 fully saturated rings. The van der Waals surface area contributed by atoms with Crippen molar-refractivity contribution in [1.82, 2.24) is 0 Å². The van der Waals surface area contributed by atoms with Crippen LogP contribution in [0.3, 0.4) is 0 Å². The molecule has 118 valence electrons. The van der Waals surface area contributed by atoms with E-state index in [4.69, 9.17) is 4.74 Å². The van der Waals surface area contributed by atoms with Gasteiger partial charge in [-0.25, -0.2) is 0 Å². The van der Waals surface area contributed by atoms with Crippen LogP contribution in [0.15, 0.2) is 57.5 Å². The van der Waals surface area contributed by atoms with Gasteiger partial charge in [0.25, 0.3) is 0 Å². The molecule has 0 radical (unpaired) electrons. The molecule has 0 saturated heterocycles. The maximum atomic E-state index is 5.63. The van der Waals surface area contributed by atoms with Crippen LogP contribution in [-0.2, 0) is 0 Å². The fourth-order valence-corrected chi connectivity index (χ4v) is 4.71. The van der Waals surface area contributed by atoms with Gasteiger partial charge in [0, 0.05) is 20.4 Å². The van der Waals surface area contributed by atoms with Crippen molar-refractivity contribution in [3.63, 3.8) is 0 Å². The second kappa shape index (κ2) is 5.99. The SMILES string of the molecule is COc1ccc(Br)cc1[C@@H]1Nc2c(Br)cccc2[C@H]2C=CC[C@@H]21. The fraction of sp³-hybridized carbons (Fsp3) is 0.263. The maximum absolute atomic E-state index is 5.63. The highest BCUT2D eigenvalue weighted by Crippen LogP contribution is 2.52. The van der Waals surface area contributed by atoms with Crippen LogP contribution in [0.2, 0.25) is 0 Å². The van der Waals surface area contributed by atoms with Crippen LogP contribution in [0.25, 0.3) is 0 Å². The summed E-state index contributed by atoms with van der Waals surface area (Å²) in [6.07, 6.45) is 5.75. The first kappa shape index (κ1) is 15.3. The Morgan fingerprint density at radius 2 is 2.00 bits per heavy atom. The van der Waals surface area contributed by atoms with Crippen LogP contribution in [0.1, 0.15) is 29.5 Å². The Bertz CT molecular complexity index is 787. The summed E-state index contributed by atoms with van der Waals surface area (Å²) >= 11 is 7.30. The van der Waals surface area contributed by atoms with Gasteiger partial charge in [0.2, 0.25) is 0 Å². The highest BCUT2D eigenvalue weighted by molar-refractivity contribution is 9.10. The van der Waals surface area contributed by atoms with Crippen LogP contribution in [0.4, 0.5) is 5.69 Å². The van der Waals surface area contributed by atoms with E-state index in [0.717, 1.165) is 21.1 Å². The van der Waals surface area contributed by atoms with Crippen molar-refractivity contribution in [3.8, 4) is 5.75 Å². The molecule has 0 amide bonds. The molecule has 2 aliphatic rings. The minimum atomic E-state index is 0.230. The van der Waals surface area contributed by atoms with Crippen LogP contribution in [0.5, 0.6) is 5.75 Å². The van der Waals surface area contributed by atoms with Gasteiger partial charge in [-0.05, 0) is 58.1 Å². The Kier molecular flexibility index (Phi) is 3.98. The molecule has 23 heavy (non-hydrogen) atoms. The monoisotopic (exact) mass is 433 g/mol. The molecular weight excluding hydrogens is 418 g/mol. The van der Waals surface area contributed by atoms with E-state index in [2.05, 4.69) is 73.6 Å². The fourth-order valence-electron chi connectivity index (χ4n) is 3.84. The highest BCUT2D eigenvalue weighted by Gasteiger charge is 2.39. The minimum absolute atomic E-state index is 0.230. The number of para-hydroxylation sites is 1. The van der Waals surface area contributed by atoms with Crippen LogP contribution < -0.4 is 10.1 Å². The molecule has 0 saturated carbocycles. The van der Waals surface area contributed by atoms with Gasteiger partial charge >= 0.3 is 0 Å². The van der Waals surface area contributed by atoms with Gasteiger partial charge in [0.1, 0.15) is 5.75 Å². The predicted molar refractivity (Wildman–Crippen MR) is 101 cm³/mol. The molecule has 0 unspecified atom stereocenters. The van der Waals surface area contributed by atoms with Crippen molar-refractivity contribution in [1.29, 1.82) is 0 Å². The molecule has 0 spiro atoms. The van der Waals surface area contributed by atoms with E-state index in [0.29, 0.717) is 11.8 Å². The Morgan fingerprint density at radius 1 is 1.13 bits per heavy atom. The number of halogens is 2. The lowest BCUT2D eigenvalue weighted by molar-refractivity contribution is 0.381. The molecule has 1 aliphatic carbocycles. The predicted octanol–water partition coefficient (Wildman–Crippen LogP) is 6.05. The van der Waals surface area contributed by atoms with E-state index >= 15 is 0 Å². The summed E-state index contributed by atoms with van der Waals surface area (Å²) in [5.41, 5.74) is 3.79. The topological polar surface area (TPSA) is 21.3 Å². The van der Waals surface area contributed by atoms with Gasteiger partial charge in [-0.15, -0.1) is 0 Å². The molecule has 1 N–H and O–H groups in total. The number of benzene rings is 2. The standard InChI is InChI=1S/C19H17Br2NO/c1-23-17-9-8-11(20)10-15(17)18-13-5-2-4-12(13)14-6-3-7-16(21)19(14)22-18/h2-4,6-10,12-13,18,22H,5H2,1H3/t12-,13-,18+/m0/s1. The van der Waals surface area contributed by atoms with Crippen molar-refractivity contribution in [2.24, 2.45) is 5.92 Å². The summed E-state index contributed by atoms with van der Waals surface area (Å²) in [6.45, 7) is 0. The third-order valence-corrected chi connectivity index (χ3v) is 6.03. The summed E-state index contributed by atoms with van der Waals surface area (Å²) in [5, 5.41) is 3.77. The number of methoxy groups -OCH3 is 1. The highest BCUT2D eigenvalue weighted by atomic mass is 79.9. The first-order valence-electron chi connectivity index (χ1n) is 7.74. The Hall–Kier alpha value is -1.26. The number of fused-ring (bicyclic) bond motifs is 3. The van der Waals surface area contributed by atoms with E-state index in [-0.39, 0.29) is 6.04 Å². The zero-order chi connectivity index (χ0) is 16.0. The molecule has 3 atom stereocenters.